The zero-order chi connectivity index (χ0) is 21.9. The average Bonchev–Trinajstić information content (AvgIpc) is 3.47. The van der Waals surface area contributed by atoms with Crippen LogP contribution in [0.4, 0.5) is 4.79 Å². The van der Waals surface area contributed by atoms with Crippen molar-refractivity contribution in [2.75, 3.05) is 13.3 Å². The number of rotatable bonds is 2. The number of benzene rings is 2. The Kier molecular flexibility index (Phi) is 4.59. The van der Waals surface area contributed by atoms with E-state index in [2.05, 4.69) is 6.07 Å². The van der Waals surface area contributed by atoms with Crippen LogP contribution in [0.2, 0.25) is 0 Å². The van der Waals surface area contributed by atoms with Crippen molar-refractivity contribution in [3.63, 3.8) is 0 Å². The van der Waals surface area contributed by atoms with E-state index < -0.39 is 5.79 Å². The highest BCUT2D eigenvalue weighted by Gasteiger charge is 2.57. The van der Waals surface area contributed by atoms with E-state index in [-0.39, 0.29) is 37.1 Å². The van der Waals surface area contributed by atoms with Crippen LogP contribution in [0.25, 0.3) is 0 Å². The van der Waals surface area contributed by atoms with Gasteiger partial charge in [0.2, 0.25) is 6.79 Å². The standard InChI is InChI=1S/C25H27NO6/c1-25(2)31-20-13-16-10-11-26(24(27)30-17-6-4-3-5-7-17)22(16)21(23(20)32-25)15-8-9-18-19(12-15)29-14-28-18/h3-9,12,16,20-23H,10-11,13-14H2,1-2H3/t16-,20+,21+,22-,23+/m1/s1. The maximum atomic E-state index is 13.2. The van der Waals surface area contributed by atoms with E-state index in [0.29, 0.717) is 18.2 Å². The molecule has 3 fully saturated rings. The molecule has 0 radical (unpaired) electrons. The van der Waals surface area contributed by atoms with Gasteiger partial charge in [0.15, 0.2) is 17.3 Å². The predicted molar refractivity (Wildman–Crippen MR) is 115 cm³/mol. The number of carbonyl (C=O) groups excluding carboxylic acids is 1. The third-order valence-corrected chi connectivity index (χ3v) is 7.03. The van der Waals surface area contributed by atoms with Gasteiger partial charge >= 0.3 is 6.09 Å². The van der Waals surface area contributed by atoms with Crippen LogP contribution in [0, 0.1) is 5.92 Å². The molecule has 6 rings (SSSR count). The molecule has 5 atom stereocenters. The van der Waals surface area contributed by atoms with Gasteiger partial charge in [0.05, 0.1) is 12.2 Å². The van der Waals surface area contributed by atoms with Crippen molar-refractivity contribution in [2.45, 2.75) is 56.6 Å². The zero-order valence-corrected chi connectivity index (χ0v) is 18.2. The first-order valence-corrected chi connectivity index (χ1v) is 11.3. The number of likely N-dealkylation sites (tertiary alicyclic amines) is 1. The van der Waals surface area contributed by atoms with Crippen molar-refractivity contribution in [2.24, 2.45) is 5.92 Å². The number of nitrogens with zero attached hydrogens (tertiary/aromatic N) is 1. The van der Waals surface area contributed by atoms with E-state index in [9.17, 15) is 4.79 Å². The van der Waals surface area contributed by atoms with Crippen molar-refractivity contribution < 1.29 is 28.5 Å². The van der Waals surface area contributed by atoms with E-state index in [4.69, 9.17) is 23.7 Å². The number of fused-ring (bicyclic) bond motifs is 3. The largest absolute Gasteiger partial charge is 0.454 e. The van der Waals surface area contributed by atoms with Gasteiger partial charge in [-0.15, -0.1) is 0 Å². The molecule has 0 N–H and O–H groups in total. The molecule has 2 aromatic carbocycles. The zero-order valence-electron chi connectivity index (χ0n) is 18.2. The highest BCUT2D eigenvalue weighted by atomic mass is 16.8. The Balaban J connectivity index is 1.36. The molecule has 7 nitrogen and oxygen atoms in total. The molecule has 0 spiro atoms. The summed E-state index contributed by atoms with van der Waals surface area (Å²) < 4.78 is 29.6. The fraction of sp³-hybridized carbons (Fsp3) is 0.480. The van der Waals surface area contributed by atoms with Crippen molar-refractivity contribution in [3.8, 4) is 17.2 Å². The highest BCUT2D eigenvalue weighted by molar-refractivity contribution is 5.72. The second-order valence-electron chi connectivity index (χ2n) is 9.43. The monoisotopic (exact) mass is 437 g/mol. The van der Waals surface area contributed by atoms with Crippen LogP contribution in [0.15, 0.2) is 48.5 Å². The Bertz CT molecular complexity index is 1020. The lowest BCUT2D eigenvalue weighted by molar-refractivity contribution is -0.147. The normalized spacial score (nSPS) is 31.8. The summed E-state index contributed by atoms with van der Waals surface area (Å²) in [6.45, 7) is 4.80. The number of carbonyl (C=O) groups is 1. The number of ether oxygens (including phenoxy) is 5. The van der Waals surface area contributed by atoms with E-state index in [1.807, 2.05) is 49.1 Å². The predicted octanol–water partition coefficient (Wildman–Crippen LogP) is 4.31. The van der Waals surface area contributed by atoms with Gasteiger partial charge in [0.1, 0.15) is 5.75 Å². The smallest absolute Gasteiger partial charge is 0.415 e. The van der Waals surface area contributed by atoms with Gasteiger partial charge < -0.3 is 28.6 Å². The molecule has 32 heavy (non-hydrogen) atoms. The Morgan fingerprint density at radius 1 is 1.06 bits per heavy atom. The van der Waals surface area contributed by atoms with Crippen molar-refractivity contribution in [3.05, 3.63) is 54.1 Å². The molecule has 1 aliphatic carbocycles. The van der Waals surface area contributed by atoms with E-state index in [1.54, 1.807) is 12.1 Å². The lowest BCUT2D eigenvalue weighted by atomic mass is 9.71. The molecule has 2 aromatic rings. The van der Waals surface area contributed by atoms with Crippen LogP contribution < -0.4 is 14.2 Å². The molecular weight excluding hydrogens is 410 g/mol. The Morgan fingerprint density at radius 3 is 2.72 bits per heavy atom. The Morgan fingerprint density at radius 2 is 1.88 bits per heavy atom. The summed E-state index contributed by atoms with van der Waals surface area (Å²) >= 11 is 0. The molecular formula is C25H27NO6. The van der Waals surface area contributed by atoms with Gasteiger partial charge in [-0.1, -0.05) is 24.3 Å². The fourth-order valence-electron chi connectivity index (χ4n) is 5.83. The molecule has 1 amide bonds. The molecule has 0 aromatic heterocycles. The van der Waals surface area contributed by atoms with Gasteiger partial charge in [-0.3, -0.25) is 0 Å². The van der Waals surface area contributed by atoms with Crippen LogP contribution in [-0.2, 0) is 9.47 Å². The molecule has 7 heteroatoms. The number of amides is 1. The molecule has 4 aliphatic rings. The molecule has 3 aliphatic heterocycles. The third-order valence-electron chi connectivity index (χ3n) is 7.03. The molecule has 3 heterocycles. The van der Waals surface area contributed by atoms with Gasteiger partial charge in [-0.2, -0.15) is 0 Å². The van der Waals surface area contributed by atoms with Crippen LogP contribution in [-0.4, -0.2) is 48.4 Å². The third kappa shape index (κ3) is 3.31. The minimum absolute atomic E-state index is 0.00762. The molecule has 0 unspecified atom stereocenters. The number of para-hydroxylation sites is 1. The lowest BCUT2D eigenvalue weighted by Gasteiger charge is -2.43. The topological polar surface area (TPSA) is 66.5 Å². The van der Waals surface area contributed by atoms with Crippen LogP contribution in [0.1, 0.15) is 38.2 Å². The SMILES string of the molecule is CC1(C)O[C@@H]2[C@@H](c3ccc4c(c3)OCO4)[C@H]3[C@H](CCN3C(=O)Oc3ccccc3)C[C@@H]2O1. The summed E-state index contributed by atoms with van der Waals surface area (Å²) in [5.74, 6) is 1.63. The summed E-state index contributed by atoms with van der Waals surface area (Å²) in [5.41, 5.74) is 1.07. The Labute approximate surface area is 187 Å². The summed E-state index contributed by atoms with van der Waals surface area (Å²) in [6, 6.07) is 15.2. The lowest BCUT2D eigenvalue weighted by Crippen LogP contribution is -2.52. The van der Waals surface area contributed by atoms with Gasteiger partial charge in [-0.05, 0) is 62.4 Å². The average molecular weight is 437 g/mol. The minimum Gasteiger partial charge on any atom is -0.454 e. The molecule has 168 valence electrons. The quantitative estimate of drug-likeness (QED) is 0.698. The number of hydrogen-bond donors (Lipinski definition) is 0. The van der Waals surface area contributed by atoms with Crippen molar-refractivity contribution in [1.29, 1.82) is 0 Å². The van der Waals surface area contributed by atoms with Crippen molar-refractivity contribution in [1.82, 2.24) is 4.90 Å². The van der Waals surface area contributed by atoms with Crippen LogP contribution >= 0.6 is 0 Å². The van der Waals surface area contributed by atoms with E-state index >= 15 is 0 Å². The molecule has 1 saturated carbocycles. The Hall–Kier alpha value is -2.77. The first-order chi connectivity index (χ1) is 15.5. The maximum absolute atomic E-state index is 13.2. The fourth-order valence-corrected chi connectivity index (χ4v) is 5.83. The summed E-state index contributed by atoms with van der Waals surface area (Å²) in [4.78, 5) is 15.1. The maximum Gasteiger partial charge on any atom is 0.415 e. The van der Waals surface area contributed by atoms with Crippen LogP contribution in [0.3, 0.4) is 0 Å². The summed E-state index contributed by atoms with van der Waals surface area (Å²) in [5, 5.41) is 0. The second-order valence-corrected chi connectivity index (χ2v) is 9.43. The van der Waals surface area contributed by atoms with Gasteiger partial charge in [0.25, 0.3) is 0 Å². The van der Waals surface area contributed by atoms with Gasteiger partial charge in [0, 0.05) is 18.5 Å². The first kappa shape index (κ1) is 19.9. The van der Waals surface area contributed by atoms with E-state index in [0.717, 1.165) is 29.9 Å². The first-order valence-electron chi connectivity index (χ1n) is 11.3. The summed E-state index contributed by atoms with van der Waals surface area (Å²) in [6.07, 6.45) is 1.31. The van der Waals surface area contributed by atoms with Crippen molar-refractivity contribution >= 4 is 6.09 Å². The van der Waals surface area contributed by atoms with Crippen LogP contribution in [0.5, 0.6) is 17.2 Å². The van der Waals surface area contributed by atoms with Gasteiger partial charge in [-0.25, -0.2) is 4.79 Å². The summed E-state index contributed by atoms with van der Waals surface area (Å²) in [7, 11) is 0. The highest BCUT2D eigenvalue weighted by Crippen LogP contribution is 2.52. The van der Waals surface area contributed by atoms with E-state index in [1.165, 1.54) is 0 Å². The second kappa shape index (κ2) is 7.39. The molecule has 0 bridgehead atoms. The molecule has 2 saturated heterocycles. The minimum atomic E-state index is -0.655. The number of hydrogen-bond acceptors (Lipinski definition) is 6.